The number of carbonyl (C=O) groups is 2. The number of amides is 2. The van der Waals surface area contributed by atoms with Gasteiger partial charge in [-0.15, -0.1) is 0 Å². The van der Waals surface area contributed by atoms with Crippen LogP contribution < -0.4 is 10.1 Å². The van der Waals surface area contributed by atoms with E-state index in [1.165, 1.54) is 6.33 Å². The first kappa shape index (κ1) is 19.8. The van der Waals surface area contributed by atoms with Crippen molar-refractivity contribution in [3.05, 3.63) is 48.0 Å². The normalized spacial score (nSPS) is 13.8. The van der Waals surface area contributed by atoms with Gasteiger partial charge >= 0.3 is 0 Å². The van der Waals surface area contributed by atoms with Crippen LogP contribution in [-0.2, 0) is 4.79 Å². The first-order chi connectivity index (χ1) is 14.5. The van der Waals surface area contributed by atoms with Crippen molar-refractivity contribution < 1.29 is 14.3 Å². The van der Waals surface area contributed by atoms with Crippen LogP contribution in [-0.4, -0.2) is 56.0 Å². The number of likely N-dealkylation sites (tertiary alicyclic amines) is 1. The number of rotatable bonds is 6. The van der Waals surface area contributed by atoms with Crippen molar-refractivity contribution in [1.29, 1.82) is 0 Å². The first-order valence-corrected chi connectivity index (χ1v) is 10.0. The second kappa shape index (κ2) is 8.48. The maximum atomic E-state index is 12.7. The molecule has 9 heteroatoms. The molecule has 3 heterocycles. The molecule has 9 nitrogen and oxygen atoms in total. The molecule has 0 spiro atoms. The Labute approximate surface area is 174 Å². The topological polar surface area (TPSA) is 102 Å². The van der Waals surface area contributed by atoms with Crippen molar-refractivity contribution in [3.8, 4) is 5.75 Å². The van der Waals surface area contributed by atoms with E-state index in [2.05, 4.69) is 20.4 Å². The molecule has 1 aliphatic heterocycles. The van der Waals surface area contributed by atoms with Gasteiger partial charge in [-0.25, -0.2) is 9.50 Å². The van der Waals surface area contributed by atoms with Gasteiger partial charge in [-0.2, -0.15) is 10.1 Å². The highest BCUT2D eigenvalue weighted by Crippen LogP contribution is 2.19. The molecule has 3 aromatic rings. The monoisotopic (exact) mass is 408 g/mol. The van der Waals surface area contributed by atoms with Crippen molar-refractivity contribution in [3.63, 3.8) is 0 Å². The highest BCUT2D eigenvalue weighted by Gasteiger charge is 2.18. The predicted octanol–water partition coefficient (Wildman–Crippen LogP) is 2.50. The highest BCUT2D eigenvalue weighted by molar-refractivity contribution is 6.03. The van der Waals surface area contributed by atoms with E-state index in [-0.39, 0.29) is 30.0 Å². The van der Waals surface area contributed by atoms with Crippen LogP contribution in [0, 0.1) is 0 Å². The molecule has 1 aliphatic rings. The Morgan fingerprint density at radius 1 is 1.17 bits per heavy atom. The molecule has 156 valence electrons. The summed E-state index contributed by atoms with van der Waals surface area (Å²) in [7, 11) is 0. The number of fused-ring (bicyclic) bond motifs is 1. The van der Waals surface area contributed by atoms with Crippen molar-refractivity contribution in [2.75, 3.05) is 25.0 Å². The molecule has 1 aromatic carbocycles. The van der Waals surface area contributed by atoms with Crippen LogP contribution in [0.15, 0.2) is 36.7 Å². The summed E-state index contributed by atoms with van der Waals surface area (Å²) in [6, 6.07) is 8.63. The Hall–Kier alpha value is -3.49. The maximum absolute atomic E-state index is 12.7. The van der Waals surface area contributed by atoms with E-state index in [1.54, 1.807) is 34.8 Å². The molecule has 0 saturated carbocycles. The molecule has 4 rings (SSSR count). The van der Waals surface area contributed by atoms with Crippen LogP contribution in [0.5, 0.6) is 5.75 Å². The lowest BCUT2D eigenvalue weighted by Gasteiger charge is -2.15. The zero-order chi connectivity index (χ0) is 21.1. The Morgan fingerprint density at radius 2 is 1.90 bits per heavy atom. The second-order valence-electron chi connectivity index (χ2n) is 7.55. The Balaban J connectivity index is 1.40. The van der Waals surface area contributed by atoms with Gasteiger partial charge in [-0.3, -0.25) is 9.59 Å². The fraction of sp³-hybridized carbons (Fsp3) is 0.381. The number of carbonyl (C=O) groups excluding carboxylic acids is 2. The molecule has 0 unspecified atom stereocenters. The van der Waals surface area contributed by atoms with Crippen LogP contribution in [0.3, 0.4) is 0 Å². The van der Waals surface area contributed by atoms with Crippen molar-refractivity contribution >= 4 is 23.3 Å². The molecule has 30 heavy (non-hydrogen) atoms. The highest BCUT2D eigenvalue weighted by atomic mass is 16.5. The zero-order valence-corrected chi connectivity index (χ0v) is 17.0. The first-order valence-electron chi connectivity index (χ1n) is 10.0. The van der Waals surface area contributed by atoms with Gasteiger partial charge < -0.3 is 15.0 Å². The fourth-order valence-electron chi connectivity index (χ4n) is 3.40. The van der Waals surface area contributed by atoms with Gasteiger partial charge in [-0.1, -0.05) is 13.8 Å². The Kier molecular flexibility index (Phi) is 5.60. The lowest BCUT2D eigenvalue weighted by atomic mass is 10.1. The summed E-state index contributed by atoms with van der Waals surface area (Å²) in [6.45, 7) is 5.67. The van der Waals surface area contributed by atoms with E-state index in [0.717, 1.165) is 31.6 Å². The third kappa shape index (κ3) is 4.24. The van der Waals surface area contributed by atoms with Gasteiger partial charge in [0, 0.05) is 18.8 Å². The van der Waals surface area contributed by atoms with E-state index < -0.39 is 0 Å². The maximum Gasteiger partial charge on any atom is 0.274 e. The molecule has 2 aromatic heterocycles. The number of anilines is 1. The molecule has 0 atom stereocenters. The largest absolute Gasteiger partial charge is 0.484 e. The van der Waals surface area contributed by atoms with Gasteiger partial charge in [0.2, 0.25) is 0 Å². The molecule has 2 amide bonds. The number of hydrogen-bond donors (Lipinski definition) is 1. The molecular formula is C21H24N6O3. The number of ether oxygens (including phenoxy) is 1. The van der Waals surface area contributed by atoms with Gasteiger partial charge in [0.25, 0.3) is 17.6 Å². The minimum atomic E-state index is -0.333. The summed E-state index contributed by atoms with van der Waals surface area (Å²) in [5.74, 6) is 0.785. The third-order valence-electron chi connectivity index (χ3n) is 5.04. The van der Waals surface area contributed by atoms with E-state index in [1.807, 2.05) is 18.7 Å². The van der Waals surface area contributed by atoms with E-state index in [4.69, 9.17) is 4.74 Å². The summed E-state index contributed by atoms with van der Waals surface area (Å²) in [5.41, 5.74) is 1.73. The zero-order valence-electron chi connectivity index (χ0n) is 17.0. The van der Waals surface area contributed by atoms with E-state index in [9.17, 15) is 9.59 Å². The molecule has 0 aliphatic carbocycles. The van der Waals surface area contributed by atoms with Gasteiger partial charge in [0.1, 0.15) is 17.8 Å². The fourth-order valence-corrected chi connectivity index (χ4v) is 3.40. The van der Waals surface area contributed by atoms with Crippen LogP contribution >= 0.6 is 0 Å². The van der Waals surface area contributed by atoms with Crippen molar-refractivity contribution in [1.82, 2.24) is 24.5 Å². The van der Waals surface area contributed by atoms with Crippen molar-refractivity contribution in [2.45, 2.75) is 32.6 Å². The second-order valence-corrected chi connectivity index (χ2v) is 7.55. The van der Waals surface area contributed by atoms with E-state index >= 15 is 0 Å². The van der Waals surface area contributed by atoms with Crippen LogP contribution in [0.4, 0.5) is 5.69 Å². The van der Waals surface area contributed by atoms with Crippen LogP contribution in [0.25, 0.3) is 5.78 Å². The minimum absolute atomic E-state index is 0.000726. The van der Waals surface area contributed by atoms with Gasteiger partial charge in [0.15, 0.2) is 6.61 Å². The molecule has 0 radical (unpaired) electrons. The lowest BCUT2D eigenvalue weighted by Crippen LogP contribution is -2.32. The van der Waals surface area contributed by atoms with Crippen LogP contribution in [0.2, 0.25) is 0 Å². The summed E-state index contributed by atoms with van der Waals surface area (Å²) in [6.07, 6.45) is 3.53. The van der Waals surface area contributed by atoms with Crippen LogP contribution in [0.1, 0.15) is 48.8 Å². The van der Waals surface area contributed by atoms with E-state index in [0.29, 0.717) is 17.2 Å². The van der Waals surface area contributed by atoms with Gasteiger partial charge in [0.05, 0.1) is 5.69 Å². The number of benzene rings is 1. The summed E-state index contributed by atoms with van der Waals surface area (Å²) < 4.78 is 7.21. The average Bonchev–Trinajstić information content (AvgIpc) is 3.44. The van der Waals surface area contributed by atoms with Gasteiger partial charge in [-0.05, 0) is 49.1 Å². The standard InChI is InChI=1S/C21H24N6O3/c1-14(2)18-11-17(25-21-22-13-23-27(18)21)20(29)24-15-5-7-16(8-6-15)30-12-19(28)26-9-3-4-10-26/h5-8,11,13-14H,3-4,9-10,12H2,1-2H3,(H,24,29). The Morgan fingerprint density at radius 3 is 2.60 bits per heavy atom. The molecule has 1 N–H and O–H groups in total. The summed E-state index contributed by atoms with van der Waals surface area (Å²) >= 11 is 0. The smallest absolute Gasteiger partial charge is 0.274 e. The quantitative estimate of drug-likeness (QED) is 0.672. The lowest BCUT2D eigenvalue weighted by molar-refractivity contribution is -0.132. The number of nitrogens with one attached hydrogen (secondary N) is 1. The summed E-state index contributed by atoms with van der Waals surface area (Å²) in [4.78, 5) is 35.0. The molecule has 1 fully saturated rings. The number of nitrogens with zero attached hydrogens (tertiary/aromatic N) is 5. The Bertz CT molecular complexity index is 1050. The molecule has 1 saturated heterocycles. The minimum Gasteiger partial charge on any atom is -0.484 e. The average molecular weight is 408 g/mol. The predicted molar refractivity (Wildman–Crippen MR) is 111 cm³/mol. The molecular weight excluding hydrogens is 384 g/mol. The third-order valence-corrected chi connectivity index (χ3v) is 5.04. The summed E-state index contributed by atoms with van der Waals surface area (Å²) in [5, 5.41) is 6.99. The van der Waals surface area contributed by atoms with Crippen molar-refractivity contribution in [2.24, 2.45) is 0 Å². The number of aromatic nitrogens is 4. The SMILES string of the molecule is CC(C)c1cc(C(=O)Nc2ccc(OCC(=O)N3CCCC3)cc2)nc2ncnn12. The number of hydrogen-bond acceptors (Lipinski definition) is 6. The molecule has 0 bridgehead atoms.